The highest BCUT2D eigenvalue weighted by Gasteiger charge is 2.37. The minimum Gasteiger partial charge on any atom is -0.306 e. The number of aryl methyl sites for hydroxylation is 1. The van der Waals surface area contributed by atoms with Gasteiger partial charge >= 0.3 is 0 Å². The van der Waals surface area contributed by atoms with Gasteiger partial charge in [-0.3, -0.25) is 4.98 Å². The monoisotopic (exact) mass is 1160 g/mol. The Morgan fingerprint density at radius 2 is 0.578 bits per heavy atom. The van der Waals surface area contributed by atoms with Crippen LogP contribution >= 0.6 is 11.3 Å². The maximum Gasteiger partial charge on any atom is 0.129 e. The summed E-state index contributed by atoms with van der Waals surface area (Å²) in [5, 5.41) is 91.2. The van der Waals surface area contributed by atoms with Gasteiger partial charge in [0.2, 0.25) is 0 Å². The molecule has 10 aromatic carbocycles. The van der Waals surface area contributed by atoms with Gasteiger partial charge in [-0.05, 0) is 177 Å². The molecule has 14 nitrogen and oxygen atoms in total. The molecule has 0 saturated heterocycles. The molecule has 16 rings (SSSR count). The van der Waals surface area contributed by atoms with E-state index in [1.807, 2.05) is 146 Å². The van der Waals surface area contributed by atoms with E-state index < -0.39 is 0 Å². The summed E-state index contributed by atoms with van der Waals surface area (Å²) in [5.41, 5.74) is 13.7. The number of nitrogens with zero attached hydrogens (tertiary/aromatic N) is 14. The zero-order valence-corrected chi connectivity index (χ0v) is 47.9. The van der Waals surface area contributed by atoms with Gasteiger partial charge in [0.05, 0.1) is 187 Å². The van der Waals surface area contributed by atoms with Crippen LogP contribution in [0.25, 0.3) is 142 Å². The molecule has 0 aliphatic rings. The highest BCUT2D eigenvalue weighted by Crippen LogP contribution is 2.55. The van der Waals surface area contributed by atoms with E-state index in [-0.39, 0.29) is 0 Å². The molecule has 0 bridgehead atoms. The van der Waals surface area contributed by atoms with Crippen LogP contribution in [0, 0.1) is 97.6 Å². The van der Waals surface area contributed by atoms with Crippen LogP contribution in [0.15, 0.2) is 188 Å². The van der Waals surface area contributed by atoms with Crippen molar-refractivity contribution >= 4 is 109 Å². The minimum atomic E-state index is 0.393. The lowest BCUT2D eigenvalue weighted by atomic mass is 9.95. The van der Waals surface area contributed by atoms with Crippen molar-refractivity contribution in [3.8, 4) is 93.1 Å². The summed E-state index contributed by atoms with van der Waals surface area (Å²) in [5.74, 6) is 0. The van der Waals surface area contributed by atoms with E-state index in [1.165, 1.54) is 11.3 Å². The van der Waals surface area contributed by atoms with Gasteiger partial charge in [0, 0.05) is 48.8 Å². The molecule has 0 spiro atoms. The molecular formula is C75H34N14S. The Labute approximate surface area is 514 Å². The van der Waals surface area contributed by atoms with Crippen molar-refractivity contribution in [2.75, 3.05) is 0 Å². The molecular weight excluding hydrogens is 1130 g/mol. The first-order valence-corrected chi connectivity index (χ1v) is 29.1. The van der Waals surface area contributed by atoms with Gasteiger partial charge in [-0.1, -0.05) is 18.2 Å². The van der Waals surface area contributed by atoms with Gasteiger partial charge in [-0.2, -0.15) is 42.1 Å². The number of nitriles is 8. The van der Waals surface area contributed by atoms with Crippen molar-refractivity contribution in [2.24, 2.45) is 0 Å². The van der Waals surface area contributed by atoms with Crippen molar-refractivity contribution in [2.45, 2.75) is 6.92 Å². The third-order valence-electron chi connectivity index (χ3n) is 17.0. The predicted octanol–water partition coefficient (Wildman–Crippen LogP) is 16.7. The molecule has 410 valence electrons. The third-order valence-corrected chi connectivity index (χ3v) is 18.1. The van der Waals surface area contributed by atoms with E-state index in [0.29, 0.717) is 188 Å². The fraction of sp³-hybridized carbons (Fsp3) is 0.0133. The summed E-state index contributed by atoms with van der Waals surface area (Å²) < 4.78 is 9.58. The molecule has 6 heterocycles. The van der Waals surface area contributed by atoms with Crippen LogP contribution in [-0.4, -0.2) is 28.2 Å². The van der Waals surface area contributed by atoms with E-state index in [0.717, 1.165) is 4.70 Å². The lowest BCUT2D eigenvalue weighted by molar-refractivity contribution is 1.04. The standard InChI is InChI=1S/C75H34N14S/c1-41-5-4-7-59(84-41)69-71(86-60-17-9-42(33-76)25-50(60)51-26-43(34-77)10-18-61(51)86)73(88-64-21-13-46(37-80)29-54(64)55-30-47(38-81)14-22-65(55)88)70(75-85-58-6-2-3-8-68(58)90-75)74(89-66-23-15-48(39-82)31-56(66)57-32-49(40-83)16-24-67(57)89)72(69)87-62-19-11-44(35-78)27-52(62)53-28-45(36-79)12-20-63(53)87/h2-32H,1H3. The number of pyridine rings is 1. The van der Waals surface area contributed by atoms with Crippen molar-refractivity contribution < 1.29 is 0 Å². The van der Waals surface area contributed by atoms with Gasteiger partial charge in [0.25, 0.3) is 0 Å². The Bertz CT molecular complexity index is 5720. The molecule has 0 saturated carbocycles. The SMILES string of the molecule is Cc1cccc(-c2c(-n3c4ccc(C#N)cc4c4cc(C#N)ccc43)c(-n3c4ccc(C#N)cc4c4cc(C#N)ccc43)c(-c3nc4ccccc4s3)c(-n3c4ccc(C#N)cc4c4cc(C#N)ccc43)c2-n2c3ccc(C#N)cc3c3cc(C#N)ccc32)n1. The molecule has 0 fully saturated rings. The zero-order valence-electron chi connectivity index (χ0n) is 47.1. The molecule has 0 atom stereocenters. The van der Waals surface area contributed by atoms with Gasteiger partial charge in [-0.15, -0.1) is 11.3 Å². The second kappa shape index (κ2) is 19.7. The van der Waals surface area contributed by atoms with E-state index in [1.54, 1.807) is 48.5 Å². The van der Waals surface area contributed by atoms with Crippen molar-refractivity contribution in [3.63, 3.8) is 0 Å². The summed E-state index contributed by atoms with van der Waals surface area (Å²) in [4.78, 5) is 11.3. The molecule has 0 N–H and O–H groups in total. The molecule has 15 heteroatoms. The van der Waals surface area contributed by atoms with E-state index in [9.17, 15) is 42.1 Å². The van der Waals surface area contributed by atoms with Crippen LogP contribution in [0.3, 0.4) is 0 Å². The number of aromatic nitrogens is 6. The normalized spacial score (nSPS) is 11.3. The lowest BCUT2D eigenvalue weighted by Crippen LogP contribution is -2.16. The average molecular weight is 1160 g/mol. The molecule has 90 heavy (non-hydrogen) atoms. The summed E-state index contributed by atoms with van der Waals surface area (Å²) in [6.07, 6.45) is 0. The molecule has 0 amide bonds. The third kappa shape index (κ3) is 7.48. The van der Waals surface area contributed by atoms with E-state index in [2.05, 4.69) is 66.8 Å². The maximum absolute atomic E-state index is 10.7. The average Bonchev–Trinajstić information content (AvgIpc) is 1.41. The molecule has 16 aromatic rings. The molecule has 6 aromatic heterocycles. The zero-order chi connectivity index (χ0) is 61.2. The summed E-state index contributed by atoms with van der Waals surface area (Å²) in [7, 11) is 0. The van der Waals surface area contributed by atoms with Crippen LogP contribution in [0.2, 0.25) is 0 Å². The van der Waals surface area contributed by atoms with Gasteiger partial charge < -0.3 is 18.3 Å². The summed E-state index contributed by atoms with van der Waals surface area (Å²) in [6, 6.07) is 77.0. The van der Waals surface area contributed by atoms with Gasteiger partial charge in [0.1, 0.15) is 5.01 Å². The fourth-order valence-electron chi connectivity index (χ4n) is 13.3. The van der Waals surface area contributed by atoms with Gasteiger partial charge in [-0.25, -0.2) is 4.98 Å². The Morgan fingerprint density at radius 3 is 0.844 bits per heavy atom. The molecule has 0 radical (unpaired) electrons. The van der Waals surface area contributed by atoms with Gasteiger partial charge in [0.15, 0.2) is 0 Å². The van der Waals surface area contributed by atoms with Crippen LogP contribution in [0.5, 0.6) is 0 Å². The van der Waals surface area contributed by atoms with Crippen LogP contribution in [0.4, 0.5) is 0 Å². The van der Waals surface area contributed by atoms with E-state index in [4.69, 9.17) is 9.97 Å². The number of hydrogen-bond donors (Lipinski definition) is 0. The second-order valence-electron chi connectivity index (χ2n) is 21.9. The first kappa shape index (κ1) is 52.0. The Hall–Kier alpha value is -13.6. The number of rotatable bonds is 6. The smallest absolute Gasteiger partial charge is 0.129 e. The fourth-order valence-corrected chi connectivity index (χ4v) is 14.3. The quantitative estimate of drug-likeness (QED) is 0.153. The first-order valence-electron chi connectivity index (χ1n) is 28.3. The van der Waals surface area contributed by atoms with E-state index >= 15 is 0 Å². The van der Waals surface area contributed by atoms with Crippen molar-refractivity contribution in [1.82, 2.24) is 28.2 Å². The summed E-state index contributed by atoms with van der Waals surface area (Å²) in [6.45, 7) is 1.93. The number of para-hydroxylation sites is 1. The van der Waals surface area contributed by atoms with Crippen molar-refractivity contribution in [1.29, 1.82) is 42.1 Å². The van der Waals surface area contributed by atoms with Crippen molar-refractivity contribution in [3.05, 3.63) is 238 Å². The maximum atomic E-state index is 10.7. The molecule has 0 aliphatic carbocycles. The number of hydrogen-bond acceptors (Lipinski definition) is 11. The first-order chi connectivity index (χ1) is 44.1. The highest BCUT2D eigenvalue weighted by atomic mass is 32.1. The minimum absolute atomic E-state index is 0.393. The highest BCUT2D eigenvalue weighted by molar-refractivity contribution is 7.21. The number of benzene rings is 10. The molecule has 0 unspecified atom stereocenters. The Kier molecular flexibility index (Phi) is 11.4. The summed E-state index contributed by atoms with van der Waals surface area (Å²) >= 11 is 1.48. The van der Waals surface area contributed by atoms with Crippen LogP contribution in [0.1, 0.15) is 50.2 Å². The lowest BCUT2D eigenvalue weighted by Gasteiger charge is -2.30. The Morgan fingerprint density at radius 1 is 0.300 bits per heavy atom. The largest absolute Gasteiger partial charge is 0.306 e. The Balaban J connectivity index is 1.32. The predicted molar refractivity (Wildman–Crippen MR) is 348 cm³/mol. The second-order valence-corrected chi connectivity index (χ2v) is 22.9. The van der Waals surface area contributed by atoms with Crippen LogP contribution < -0.4 is 0 Å². The number of fused-ring (bicyclic) bond motifs is 13. The molecule has 0 aliphatic heterocycles. The van der Waals surface area contributed by atoms with Crippen LogP contribution in [-0.2, 0) is 0 Å². The number of thiazole rings is 1. The topological polar surface area (TPSA) is 236 Å².